The monoisotopic (exact) mass is 250 g/mol. The lowest BCUT2D eigenvalue weighted by atomic mass is 10.1. The van der Waals surface area contributed by atoms with E-state index in [0.29, 0.717) is 0 Å². The van der Waals surface area contributed by atoms with Crippen molar-refractivity contribution in [2.75, 3.05) is 7.11 Å². The van der Waals surface area contributed by atoms with Gasteiger partial charge < -0.3 is 9.47 Å². The van der Waals surface area contributed by atoms with Crippen molar-refractivity contribution in [3.63, 3.8) is 0 Å². The van der Waals surface area contributed by atoms with Gasteiger partial charge in [-0.05, 0) is 6.07 Å². The van der Waals surface area contributed by atoms with Gasteiger partial charge in [0, 0.05) is 5.56 Å². The van der Waals surface area contributed by atoms with E-state index >= 15 is 0 Å². The molecule has 0 fully saturated rings. The number of carbonyl (C=O) groups is 1. The molecule has 0 spiro atoms. The third-order valence-corrected chi connectivity index (χ3v) is 2.23. The number of esters is 1. The summed E-state index contributed by atoms with van der Waals surface area (Å²) in [6, 6.07) is 5.79. The standard InChI is InChI=1S/C10H9ClF2O3/c1-15-9(14)8(11)6-4-2-3-5-7(6)16-10(12)13/h2-5,8,10H,1H3. The van der Waals surface area contributed by atoms with E-state index in [9.17, 15) is 13.6 Å². The van der Waals surface area contributed by atoms with Crippen molar-refractivity contribution < 1.29 is 23.0 Å². The van der Waals surface area contributed by atoms with E-state index in [1.807, 2.05) is 0 Å². The number of methoxy groups -OCH3 is 1. The number of halogens is 3. The van der Waals surface area contributed by atoms with E-state index in [1.165, 1.54) is 18.2 Å². The van der Waals surface area contributed by atoms with Crippen molar-refractivity contribution >= 4 is 17.6 Å². The quantitative estimate of drug-likeness (QED) is 0.609. The van der Waals surface area contributed by atoms with Gasteiger partial charge in [0.2, 0.25) is 0 Å². The smallest absolute Gasteiger partial charge is 0.387 e. The summed E-state index contributed by atoms with van der Waals surface area (Å²) in [4.78, 5) is 11.2. The second-order valence-corrected chi connectivity index (χ2v) is 3.24. The molecule has 1 rings (SSSR count). The minimum Gasteiger partial charge on any atom is -0.468 e. The molecule has 88 valence electrons. The molecule has 1 aromatic rings. The van der Waals surface area contributed by atoms with E-state index in [4.69, 9.17) is 11.6 Å². The van der Waals surface area contributed by atoms with Crippen LogP contribution in [-0.2, 0) is 9.53 Å². The van der Waals surface area contributed by atoms with Crippen LogP contribution in [-0.4, -0.2) is 19.7 Å². The Morgan fingerprint density at radius 3 is 2.56 bits per heavy atom. The summed E-state index contributed by atoms with van der Waals surface area (Å²) in [5.41, 5.74) is 0.149. The van der Waals surface area contributed by atoms with E-state index < -0.39 is 18.0 Å². The van der Waals surface area contributed by atoms with Gasteiger partial charge in [0.05, 0.1) is 7.11 Å². The summed E-state index contributed by atoms with van der Waals surface area (Å²) in [6.07, 6.45) is 0. The first-order valence-electron chi connectivity index (χ1n) is 4.32. The number of benzene rings is 1. The molecule has 0 saturated carbocycles. The first-order valence-corrected chi connectivity index (χ1v) is 4.75. The molecule has 0 saturated heterocycles. The zero-order valence-electron chi connectivity index (χ0n) is 8.32. The van der Waals surface area contributed by atoms with E-state index in [2.05, 4.69) is 9.47 Å². The zero-order valence-corrected chi connectivity index (χ0v) is 9.08. The van der Waals surface area contributed by atoms with Crippen LogP contribution in [0.4, 0.5) is 8.78 Å². The highest BCUT2D eigenvalue weighted by Crippen LogP contribution is 2.31. The summed E-state index contributed by atoms with van der Waals surface area (Å²) in [6.45, 7) is -2.97. The lowest BCUT2D eigenvalue weighted by Crippen LogP contribution is -2.11. The molecule has 0 aromatic heterocycles. The number of carbonyl (C=O) groups excluding carboxylic acids is 1. The zero-order chi connectivity index (χ0) is 12.1. The molecule has 0 bridgehead atoms. The van der Waals surface area contributed by atoms with Gasteiger partial charge in [0.1, 0.15) is 5.75 Å². The van der Waals surface area contributed by atoms with Crippen LogP contribution >= 0.6 is 11.6 Å². The number of hydrogen-bond donors (Lipinski definition) is 0. The summed E-state index contributed by atoms with van der Waals surface area (Å²) in [5.74, 6) is -0.866. The Balaban J connectivity index is 2.98. The average Bonchev–Trinajstić information content (AvgIpc) is 2.27. The number of rotatable bonds is 4. The van der Waals surface area contributed by atoms with Crippen molar-refractivity contribution in [3.8, 4) is 5.75 Å². The van der Waals surface area contributed by atoms with Crippen molar-refractivity contribution in [2.24, 2.45) is 0 Å². The van der Waals surface area contributed by atoms with Gasteiger partial charge in [-0.15, -0.1) is 11.6 Å². The van der Waals surface area contributed by atoms with Crippen LogP contribution in [0.3, 0.4) is 0 Å². The highest BCUT2D eigenvalue weighted by molar-refractivity contribution is 6.30. The average molecular weight is 251 g/mol. The molecule has 0 aliphatic heterocycles. The highest BCUT2D eigenvalue weighted by Gasteiger charge is 2.23. The molecule has 3 nitrogen and oxygen atoms in total. The maximum Gasteiger partial charge on any atom is 0.387 e. The van der Waals surface area contributed by atoms with Crippen molar-refractivity contribution in [1.82, 2.24) is 0 Å². The molecule has 6 heteroatoms. The summed E-state index contributed by atoms with van der Waals surface area (Å²) < 4.78 is 32.8. The fourth-order valence-corrected chi connectivity index (χ4v) is 1.39. The van der Waals surface area contributed by atoms with Crippen LogP contribution in [0, 0.1) is 0 Å². The van der Waals surface area contributed by atoms with Crippen LogP contribution in [0.1, 0.15) is 10.9 Å². The molecule has 1 aromatic carbocycles. The highest BCUT2D eigenvalue weighted by atomic mass is 35.5. The second kappa shape index (κ2) is 5.65. The van der Waals surface area contributed by atoms with Crippen LogP contribution < -0.4 is 4.74 Å². The molecule has 16 heavy (non-hydrogen) atoms. The van der Waals surface area contributed by atoms with Gasteiger partial charge in [-0.2, -0.15) is 8.78 Å². The Morgan fingerprint density at radius 2 is 2.00 bits per heavy atom. The van der Waals surface area contributed by atoms with Gasteiger partial charge in [-0.1, -0.05) is 18.2 Å². The Bertz CT molecular complexity index is 371. The van der Waals surface area contributed by atoms with Gasteiger partial charge in [0.15, 0.2) is 5.38 Å². The molecule has 0 N–H and O–H groups in total. The van der Waals surface area contributed by atoms with Crippen molar-refractivity contribution in [2.45, 2.75) is 12.0 Å². The predicted octanol–water partition coefficient (Wildman–Crippen LogP) is 2.74. The summed E-state index contributed by atoms with van der Waals surface area (Å²) in [5, 5.41) is -1.17. The van der Waals surface area contributed by atoms with Gasteiger partial charge in [-0.25, -0.2) is 0 Å². The normalized spacial score (nSPS) is 12.3. The topological polar surface area (TPSA) is 35.5 Å². The Hall–Kier alpha value is -1.36. The molecule has 0 radical (unpaired) electrons. The van der Waals surface area contributed by atoms with Crippen molar-refractivity contribution in [1.29, 1.82) is 0 Å². The third kappa shape index (κ3) is 3.06. The van der Waals surface area contributed by atoms with Crippen LogP contribution in [0.5, 0.6) is 5.75 Å². The van der Waals surface area contributed by atoms with Crippen LogP contribution in [0.15, 0.2) is 24.3 Å². The molecule has 0 aliphatic rings. The first-order chi connectivity index (χ1) is 7.56. The summed E-state index contributed by atoms with van der Waals surface area (Å²) >= 11 is 5.75. The lowest BCUT2D eigenvalue weighted by Gasteiger charge is -2.13. The van der Waals surface area contributed by atoms with E-state index in [0.717, 1.165) is 7.11 Å². The lowest BCUT2D eigenvalue weighted by molar-refractivity contribution is -0.140. The third-order valence-electron chi connectivity index (χ3n) is 1.82. The maximum atomic E-state index is 12.1. The number of alkyl halides is 3. The van der Waals surface area contributed by atoms with Crippen molar-refractivity contribution in [3.05, 3.63) is 29.8 Å². The largest absolute Gasteiger partial charge is 0.468 e. The van der Waals surface area contributed by atoms with Gasteiger partial charge in [-0.3, -0.25) is 4.79 Å². The first kappa shape index (κ1) is 12.7. The van der Waals surface area contributed by atoms with Crippen LogP contribution in [0.2, 0.25) is 0 Å². The Morgan fingerprint density at radius 1 is 1.38 bits per heavy atom. The number of ether oxygens (including phenoxy) is 2. The van der Waals surface area contributed by atoms with E-state index in [-0.39, 0.29) is 11.3 Å². The molecule has 0 amide bonds. The summed E-state index contributed by atoms with van der Waals surface area (Å²) in [7, 11) is 1.16. The Kier molecular flexibility index (Phi) is 4.49. The second-order valence-electron chi connectivity index (χ2n) is 2.80. The minimum atomic E-state index is -2.97. The molecule has 0 heterocycles. The SMILES string of the molecule is COC(=O)C(Cl)c1ccccc1OC(F)F. The molecule has 1 atom stereocenters. The number of hydrogen-bond acceptors (Lipinski definition) is 3. The van der Waals surface area contributed by atoms with E-state index in [1.54, 1.807) is 6.07 Å². The fourth-order valence-electron chi connectivity index (χ4n) is 1.12. The predicted molar refractivity (Wildman–Crippen MR) is 53.7 cm³/mol. The maximum absolute atomic E-state index is 12.1. The van der Waals surface area contributed by atoms with Crippen LogP contribution in [0.25, 0.3) is 0 Å². The fraction of sp³-hybridized carbons (Fsp3) is 0.300. The minimum absolute atomic E-state index is 0.136. The molecule has 1 unspecified atom stereocenters. The molecule has 0 aliphatic carbocycles. The number of para-hydroxylation sites is 1. The molecular formula is C10H9ClF2O3. The van der Waals surface area contributed by atoms with Gasteiger partial charge in [0.25, 0.3) is 0 Å². The van der Waals surface area contributed by atoms with Gasteiger partial charge >= 0.3 is 12.6 Å². The molecular weight excluding hydrogens is 242 g/mol. The Labute approximate surface area is 95.9 Å².